The number of hydrogen-bond acceptors (Lipinski definition) is 4. The third-order valence-corrected chi connectivity index (χ3v) is 7.12. The van der Waals surface area contributed by atoms with Crippen molar-refractivity contribution in [3.63, 3.8) is 0 Å². The van der Waals surface area contributed by atoms with Gasteiger partial charge in [-0.3, -0.25) is 4.79 Å². The summed E-state index contributed by atoms with van der Waals surface area (Å²) in [6.07, 6.45) is 14.6. The average Bonchev–Trinajstić information content (AvgIpc) is 3.41. The van der Waals surface area contributed by atoms with Crippen molar-refractivity contribution in [3.8, 4) is 5.75 Å². The fourth-order valence-electron chi connectivity index (χ4n) is 5.38. The van der Waals surface area contributed by atoms with Gasteiger partial charge in [0.05, 0.1) is 18.8 Å². The van der Waals surface area contributed by atoms with E-state index < -0.39 is 5.97 Å². The molecule has 4 atom stereocenters. The standard InChI is InChI=1S/C28H42O5/c1-2-3-18-31-20-17-25-24(26-15-16-27(25)33-26)14-13-22-10-9-11-23(21-22)32-19-8-6-4-5-7-12-28(29)30/h2,9-11,21,24-27H,1,3-8,12-20H2,(H,29,30)/t24-,25+,26-,27+/m0/s1. The van der Waals surface area contributed by atoms with Crippen LogP contribution in [0.15, 0.2) is 36.9 Å². The van der Waals surface area contributed by atoms with Crippen LogP contribution in [0.4, 0.5) is 0 Å². The minimum atomic E-state index is -0.699. The molecule has 0 saturated carbocycles. The molecule has 0 amide bonds. The Morgan fingerprint density at radius 1 is 1.03 bits per heavy atom. The van der Waals surface area contributed by atoms with Crippen LogP contribution < -0.4 is 4.74 Å². The van der Waals surface area contributed by atoms with E-state index in [-0.39, 0.29) is 6.42 Å². The van der Waals surface area contributed by atoms with Gasteiger partial charge in [-0.05, 0) is 80.9 Å². The fourth-order valence-corrected chi connectivity index (χ4v) is 5.38. The molecule has 0 spiro atoms. The van der Waals surface area contributed by atoms with Crippen LogP contribution in [0.5, 0.6) is 5.75 Å². The highest BCUT2D eigenvalue weighted by Crippen LogP contribution is 2.46. The molecule has 2 heterocycles. The molecule has 1 aromatic rings. The Kier molecular flexibility index (Phi) is 11.3. The number of carboxylic acids is 1. The van der Waals surface area contributed by atoms with Gasteiger partial charge < -0.3 is 19.3 Å². The van der Waals surface area contributed by atoms with Crippen LogP contribution in [0.2, 0.25) is 0 Å². The maximum absolute atomic E-state index is 10.5. The van der Waals surface area contributed by atoms with E-state index in [0.717, 1.165) is 83.4 Å². The number of benzene rings is 1. The Hall–Kier alpha value is -1.85. The zero-order valence-electron chi connectivity index (χ0n) is 20.1. The lowest BCUT2D eigenvalue weighted by Gasteiger charge is -2.28. The highest BCUT2D eigenvalue weighted by atomic mass is 16.5. The molecule has 5 heteroatoms. The van der Waals surface area contributed by atoms with E-state index in [1.807, 2.05) is 12.1 Å². The van der Waals surface area contributed by atoms with Crippen molar-refractivity contribution >= 4 is 5.97 Å². The molecule has 0 unspecified atom stereocenters. The summed E-state index contributed by atoms with van der Waals surface area (Å²) in [5.41, 5.74) is 1.34. The maximum atomic E-state index is 10.5. The number of aryl methyl sites for hydroxylation is 1. The molecule has 1 aromatic carbocycles. The van der Waals surface area contributed by atoms with Crippen LogP contribution in [0.1, 0.15) is 76.2 Å². The smallest absolute Gasteiger partial charge is 0.303 e. The zero-order chi connectivity index (χ0) is 23.3. The Balaban J connectivity index is 1.35. The van der Waals surface area contributed by atoms with Crippen LogP contribution in [-0.4, -0.2) is 43.1 Å². The van der Waals surface area contributed by atoms with Gasteiger partial charge in [0.25, 0.3) is 0 Å². The van der Waals surface area contributed by atoms with Crippen molar-refractivity contribution in [2.75, 3.05) is 19.8 Å². The second-order valence-electron chi connectivity index (χ2n) is 9.54. The van der Waals surface area contributed by atoms with Crippen LogP contribution in [0, 0.1) is 11.8 Å². The van der Waals surface area contributed by atoms with E-state index in [2.05, 4.69) is 24.8 Å². The third kappa shape index (κ3) is 8.78. The van der Waals surface area contributed by atoms with Crippen molar-refractivity contribution in [2.45, 2.75) is 89.3 Å². The second kappa shape index (κ2) is 14.4. The minimum Gasteiger partial charge on any atom is -0.494 e. The van der Waals surface area contributed by atoms with Crippen LogP contribution in [0.25, 0.3) is 0 Å². The molecule has 2 saturated heterocycles. The average molecular weight is 459 g/mol. The molecular formula is C28H42O5. The van der Waals surface area contributed by atoms with Crippen molar-refractivity contribution in [1.82, 2.24) is 0 Å². The normalized spacial score (nSPS) is 23.6. The van der Waals surface area contributed by atoms with Crippen LogP contribution in [0.3, 0.4) is 0 Å². The molecular weight excluding hydrogens is 416 g/mol. The number of aliphatic carboxylic acids is 1. The van der Waals surface area contributed by atoms with Gasteiger partial charge in [-0.1, -0.05) is 37.5 Å². The zero-order valence-corrected chi connectivity index (χ0v) is 20.1. The van der Waals surface area contributed by atoms with Gasteiger partial charge >= 0.3 is 5.97 Å². The Morgan fingerprint density at radius 3 is 2.58 bits per heavy atom. The summed E-state index contributed by atoms with van der Waals surface area (Å²) >= 11 is 0. The number of carboxylic acid groups (broad SMARTS) is 1. The minimum absolute atomic E-state index is 0.280. The molecule has 0 radical (unpaired) electrons. The summed E-state index contributed by atoms with van der Waals surface area (Å²) in [7, 11) is 0. The van der Waals surface area contributed by atoms with Gasteiger partial charge in [-0.2, -0.15) is 0 Å². The SMILES string of the molecule is C=CCCOCC[C@@H]1[C@H](CCc2cccc(OCCCCCCCC(=O)O)c2)[C@@H]2CC[C@H]1O2. The molecule has 2 aliphatic heterocycles. The van der Waals surface area contributed by atoms with Gasteiger partial charge in [-0.15, -0.1) is 6.58 Å². The lowest BCUT2D eigenvalue weighted by Crippen LogP contribution is -2.28. The first kappa shape index (κ1) is 25.8. The third-order valence-electron chi connectivity index (χ3n) is 7.12. The lowest BCUT2D eigenvalue weighted by molar-refractivity contribution is -0.137. The molecule has 2 aliphatic rings. The van der Waals surface area contributed by atoms with E-state index in [4.69, 9.17) is 19.3 Å². The van der Waals surface area contributed by atoms with Gasteiger partial charge in [0, 0.05) is 19.6 Å². The van der Waals surface area contributed by atoms with E-state index in [1.54, 1.807) is 0 Å². The second-order valence-corrected chi connectivity index (χ2v) is 9.54. The topological polar surface area (TPSA) is 65.0 Å². The summed E-state index contributed by atoms with van der Waals surface area (Å²) in [6.45, 7) is 6.07. The molecule has 184 valence electrons. The molecule has 0 aliphatic carbocycles. The number of carbonyl (C=O) groups is 1. The number of fused-ring (bicyclic) bond motifs is 2. The summed E-state index contributed by atoms with van der Waals surface area (Å²) in [6, 6.07) is 8.53. The molecule has 0 aromatic heterocycles. The number of unbranched alkanes of at least 4 members (excludes halogenated alkanes) is 4. The van der Waals surface area contributed by atoms with Crippen LogP contribution >= 0.6 is 0 Å². The molecule has 33 heavy (non-hydrogen) atoms. The summed E-state index contributed by atoms with van der Waals surface area (Å²) in [5, 5.41) is 8.67. The molecule has 5 nitrogen and oxygen atoms in total. The van der Waals surface area contributed by atoms with Crippen molar-refractivity contribution in [3.05, 3.63) is 42.5 Å². The summed E-state index contributed by atoms with van der Waals surface area (Å²) in [5.74, 6) is 1.52. The summed E-state index contributed by atoms with van der Waals surface area (Å²) < 4.78 is 18.0. The predicted octanol–water partition coefficient (Wildman–Crippen LogP) is 6.20. The fraction of sp³-hybridized carbons (Fsp3) is 0.679. The Labute approximate surface area is 199 Å². The van der Waals surface area contributed by atoms with Crippen molar-refractivity contribution in [2.24, 2.45) is 11.8 Å². The summed E-state index contributed by atoms with van der Waals surface area (Å²) in [4.78, 5) is 10.5. The monoisotopic (exact) mass is 458 g/mol. The van der Waals surface area contributed by atoms with Crippen LogP contribution in [-0.2, 0) is 20.7 Å². The lowest BCUT2D eigenvalue weighted by atomic mass is 9.75. The van der Waals surface area contributed by atoms with Gasteiger partial charge in [0.15, 0.2) is 0 Å². The van der Waals surface area contributed by atoms with Gasteiger partial charge in [0.1, 0.15) is 5.75 Å². The van der Waals surface area contributed by atoms with E-state index in [1.165, 1.54) is 18.4 Å². The number of ether oxygens (including phenoxy) is 3. The van der Waals surface area contributed by atoms with Crippen molar-refractivity contribution in [1.29, 1.82) is 0 Å². The first-order valence-electron chi connectivity index (χ1n) is 12.9. The number of hydrogen-bond donors (Lipinski definition) is 1. The predicted molar refractivity (Wildman–Crippen MR) is 131 cm³/mol. The van der Waals surface area contributed by atoms with Crippen molar-refractivity contribution < 1.29 is 24.1 Å². The van der Waals surface area contributed by atoms with Gasteiger partial charge in [0.2, 0.25) is 0 Å². The highest BCUT2D eigenvalue weighted by Gasteiger charge is 2.47. The quantitative estimate of drug-likeness (QED) is 0.210. The molecule has 2 bridgehead atoms. The Morgan fingerprint density at radius 2 is 1.79 bits per heavy atom. The van der Waals surface area contributed by atoms with Gasteiger partial charge in [-0.25, -0.2) is 0 Å². The molecule has 3 rings (SSSR count). The van der Waals surface area contributed by atoms with E-state index in [9.17, 15) is 4.79 Å². The van der Waals surface area contributed by atoms with E-state index in [0.29, 0.717) is 24.0 Å². The molecule has 2 fully saturated rings. The maximum Gasteiger partial charge on any atom is 0.303 e. The largest absolute Gasteiger partial charge is 0.494 e. The number of rotatable bonds is 18. The Bertz CT molecular complexity index is 718. The van der Waals surface area contributed by atoms with E-state index >= 15 is 0 Å². The first-order valence-corrected chi connectivity index (χ1v) is 12.9. The highest BCUT2D eigenvalue weighted by molar-refractivity contribution is 5.66. The molecule has 1 N–H and O–H groups in total. The first-order chi connectivity index (χ1) is 16.2.